The van der Waals surface area contributed by atoms with Gasteiger partial charge in [0.1, 0.15) is 36.0 Å². The summed E-state index contributed by atoms with van der Waals surface area (Å²) in [5.41, 5.74) is 0.219. The van der Waals surface area contributed by atoms with Crippen LogP contribution in [0.4, 0.5) is 4.39 Å². The molecule has 33 heavy (non-hydrogen) atoms. The fourth-order valence-electron chi connectivity index (χ4n) is 2.57. The Labute approximate surface area is 196 Å². The third-order valence-electron chi connectivity index (χ3n) is 4.12. The van der Waals surface area contributed by atoms with Crippen molar-refractivity contribution < 1.29 is 23.1 Å². The van der Waals surface area contributed by atoms with E-state index in [9.17, 15) is 9.18 Å². The van der Waals surface area contributed by atoms with Gasteiger partial charge in [-0.05, 0) is 36.4 Å². The Balaban J connectivity index is 1.33. The standard InChI is InChI=1S/C20H16ClFN6O4S/c1-30-19(29)17-6-7-27(26-17)12-33-20-25-23-11-28(20)24-9-14-3-4-15(32-14)10-31-18-5-2-13(22)8-16(18)21/h2-9,11H,10,12H2,1H3/b24-9-. The molecular weight excluding hydrogens is 475 g/mol. The van der Waals surface area contributed by atoms with Gasteiger partial charge in [-0.15, -0.1) is 10.2 Å². The molecule has 0 spiro atoms. The molecule has 13 heteroatoms. The molecule has 0 saturated heterocycles. The Morgan fingerprint density at radius 3 is 3.03 bits per heavy atom. The second kappa shape index (κ2) is 10.3. The second-order valence-corrected chi connectivity index (χ2v) is 7.69. The third-order valence-corrected chi connectivity index (χ3v) is 5.33. The number of carbonyl (C=O) groups is 1. The summed E-state index contributed by atoms with van der Waals surface area (Å²) < 4.78 is 32.0. The maximum atomic E-state index is 13.1. The van der Waals surface area contributed by atoms with Gasteiger partial charge in [0.15, 0.2) is 5.69 Å². The highest BCUT2D eigenvalue weighted by molar-refractivity contribution is 7.98. The van der Waals surface area contributed by atoms with Gasteiger partial charge in [0.25, 0.3) is 0 Å². The van der Waals surface area contributed by atoms with Crippen LogP contribution in [0.25, 0.3) is 0 Å². The Hall–Kier alpha value is -3.64. The molecule has 4 aromatic rings. The van der Waals surface area contributed by atoms with Gasteiger partial charge in [-0.25, -0.2) is 9.18 Å². The van der Waals surface area contributed by atoms with E-state index in [-0.39, 0.29) is 17.3 Å². The molecule has 170 valence electrons. The summed E-state index contributed by atoms with van der Waals surface area (Å²) in [7, 11) is 1.30. The van der Waals surface area contributed by atoms with Gasteiger partial charge < -0.3 is 13.9 Å². The fraction of sp³-hybridized carbons (Fsp3) is 0.150. The number of benzene rings is 1. The minimum atomic E-state index is -0.504. The number of methoxy groups -OCH3 is 1. The van der Waals surface area contributed by atoms with Crippen molar-refractivity contribution in [1.29, 1.82) is 0 Å². The summed E-state index contributed by atoms with van der Waals surface area (Å²) in [5, 5.41) is 17.0. The number of furan rings is 1. The zero-order valence-corrected chi connectivity index (χ0v) is 18.7. The van der Waals surface area contributed by atoms with Crippen LogP contribution in [0.1, 0.15) is 22.0 Å². The van der Waals surface area contributed by atoms with Gasteiger partial charge in [-0.1, -0.05) is 23.4 Å². The zero-order valence-electron chi connectivity index (χ0n) is 17.1. The van der Waals surface area contributed by atoms with E-state index in [1.807, 2.05) is 0 Å². The van der Waals surface area contributed by atoms with Crippen LogP contribution in [0, 0.1) is 5.82 Å². The van der Waals surface area contributed by atoms with Crippen LogP contribution in [0.2, 0.25) is 5.02 Å². The average molecular weight is 491 g/mol. The van der Waals surface area contributed by atoms with Crippen LogP contribution in [-0.4, -0.2) is 43.9 Å². The van der Waals surface area contributed by atoms with Crippen molar-refractivity contribution in [2.24, 2.45) is 5.10 Å². The van der Waals surface area contributed by atoms with Crippen molar-refractivity contribution in [3.8, 4) is 5.75 Å². The third kappa shape index (κ3) is 5.79. The molecule has 0 aliphatic rings. The highest BCUT2D eigenvalue weighted by Crippen LogP contribution is 2.26. The minimum absolute atomic E-state index is 0.115. The molecule has 0 unspecified atom stereocenters. The molecule has 10 nitrogen and oxygen atoms in total. The summed E-state index contributed by atoms with van der Waals surface area (Å²) in [4.78, 5) is 11.5. The molecule has 4 rings (SSSR count). The van der Waals surface area contributed by atoms with E-state index in [0.29, 0.717) is 28.3 Å². The van der Waals surface area contributed by atoms with Crippen LogP contribution in [0.3, 0.4) is 0 Å². The van der Waals surface area contributed by atoms with E-state index in [1.165, 1.54) is 54.3 Å². The molecule has 3 heterocycles. The summed E-state index contributed by atoms with van der Waals surface area (Å²) >= 11 is 7.27. The van der Waals surface area contributed by atoms with Gasteiger partial charge in [-0.2, -0.15) is 14.9 Å². The maximum absolute atomic E-state index is 13.1. The molecule has 0 saturated carbocycles. The lowest BCUT2D eigenvalue weighted by atomic mass is 10.3. The zero-order chi connectivity index (χ0) is 23.2. The van der Waals surface area contributed by atoms with Gasteiger partial charge in [0.2, 0.25) is 5.16 Å². The maximum Gasteiger partial charge on any atom is 0.358 e. The number of esters is 1. The fourth-order valence-corrected chi connectivity index (χ4v) is 3.51. The highest BCUT2D eigenvalue weighted by Gasteiger charge is 2.11. The molecule has 0 atom stereocenters. The molecule has 3 aromatic heterocycles. The number of aromatic nitrogens is 5. The first-order valence-electron chi connectivity index (χ1n) is 9.37. The smallest absolute Gasteiger partial charge is 0.358 e. The predicted molar refractivity (Wildman–Crippen MR) is 117 cm³/mol. The molecule has 0 amide bonds. The summed E-state index contributed by atoms with van der Waals surface area (Å²) in [6, 6.07) is 8.92. The van der Waals surface area contributed by atoms with E-state index in [4.69, 9.17) is 20.8 Å². The Kier molecular flexibility index (Phi) is 7.05. The first kappa shape index (κ1) is 22.6. The van der Waals surface area contributed by atoms with E-state index in [2.05, 4.69) is 25.1 Å². The highest BCUT2D eigenvalue weighted by atomic mass is 35.5. The number of hydrogen-bond acceptors (Lipinski definition) is 9. The molecular formula is C20H16ClFN6O4S. The number of rotatable bonds is 9. The first-order valence-corrected chi connectivity index (χ1v) is 10.7. The van der Waals surface area contributed by atoms with E-state index in [1.54, 1.807) is 29.1 Å². The topological polar surface area (TPSA) is 110 Å². The van der Waals surface area contributed by atoms with Gasteiger partial charge >= 0.3 is 5.97 Å². The van der Waals surface area contributed by atoms with E-state index in [0.717, 1.165) is 0 Å². The van der Waals surface area contributed by atoms with Crippen molar-refractivity contribution in [3.63, 3.8) is 0 Å². The normalized spacial score (nSPS) is 11.2. The van der Waals surface area contributed by atoms with Crippen LogP contribution >= 0.6 is 23.4 Å². The Bertz CT molecular complexity index is 1290. The van der Waals surface area contributed by atoms with Gasteiger partial charge in [0.05, 0.1) is 24.2 Å². The molecule has 0 radical (unpaired) electrons. The van der Waals surface area contributed by atoms with Crippen molar-refractivity contribution in [3.05, 3.63) is 77.0 Å². The van der Waals surface area contributed by atoms with Crippen LogP contribution in [0.15, 0.2) is 63.6 Å². The van der Waals surface area contributed by atoms with Crippen molar-refractivity contribution in [2.75, 3.05) is 7.11 Å². The number of nitrogens with zero attached hydrogens (tertiary/aromatic N) is 6. The number of halogens is 2. The van der Waals surface area contributed by atoms with Crippen LogP contribution in [0.5, 0.6) is 5.75 Å². The summed E-state index contributed by atoms with van der Waals surface area (Å²) in [6.45, 7) is 0.115. The largest absolute Gasteiger partial charge is 0.484 e. The lowest BCUT2D eigenvalue weighted by Gasteiger charge is -2.05. The number of ether oxygens (including phenoxy) is 2. The Morgan fingerprint density at radius 2 is 2.21 bits per heavy atom. The molecule has 0 aliphatic heterocycles. The lowest BCUT2D eigenvalue weighted by molar-refractivity contribution is 0.0593. The number of hydrogen-bond donors (Lipinski definition) is 0. The quantitative estimate of drug-likeness (QED) is 0.198. The molecule has 0 fully saturated rings. The average Bonchev–Trinajstić information content (AvgIpc) is 3.56. The van der Waals surface area contributed by atoms with Gasteiger partial charge in [0, 0.05) is 6.20 Å². The summed E-state index contributed by atoms with van der Waals surface area (Å²) in [5.74, 6) is 0.820. The number of carbonyl (C=O) groups excluding carboxylic acids is 1. The Morgan fingerprint density at radius 1 is 1.33 bits per heavy atom. The first-order chi connectivity index (χ1) is 16.0. The van der Waals surface area contributed by atoms with Crippen LogP contribution < -0.4 is 4.74 Å². The molecule has 0 aliphatic carbocycles. The SMILES string of the molecule is COC(=O)c1ccn(CSc2nncn2/N=C\c2ccc(COc3ccc(F)cc3Cl)o2)n1. The van der Waals surface area contributed by atoms with Crippen molar-refractivity contribution >= 4 is 35.5 Å². The molecule has 0 bridgehead atoms. The number of thioether (sulfide) groups is 1. The predicted octanol–water partition coefficient (Wildman–Crippen LogP) is 3.86. The lowest BCUT2D eigenvalue weighted by Crippen LogP contribution is -2.04. The summed E-state index contributed by atoms with van der Waals surface area (Å²) in [6.07, 6.45) is 4.62. The van der Waals surface area contributed by atoms with Crippen LogP contribution in [-0.2, 0) is 17.2 Å². The van der Waals surface area contributed by atoms with Crippen molar-refractivity contribution in [1.82, 2.24) is 24.7 Å². The van der Waals surface area contributed by atoms with Gasteiger partial charge in [-0.3, -0.25) is 4.68 Å². The monoisotopic (exact) mass is 490 g/mol. The van der Waals surface area contributed by atoms with E-state index < -0.39 is 11.8 Å². The molecule has 1 aromatic carbocycles. The second-order valence-electron chi connectivity index (χ2n) is 6.38. The van der Waals surface area contributed by atoms with E-state index >= 15 is 0 Å². The molecule has 0 N–H and O–H groups in total. The minimum Gasteiger partial charge on any atom is -0.484 e. The van der Waals surface area contributed by atoms with Crippen molar-refractivity contribution in [2.45, 2.75) is 17.6 Å².